The quantitative estimate of drug-likeness (QED) is 0.785. The predicted octanol–water partition coefficient (Wildman–Crippen LogP) is 0.742. The van der Waals surface area contributed by atoms with Crippen LogP contribution in [0.5, 0.6) is 0 Å². The number of hydrogen-bond donors (Lipinski definition) is 1. The Morgan fingerprint density at radius 3 is 2.52 bits per heavy atom. The van der Waals surface area contributed by atoms with Crippen LogP contribution in [0, 0.1) is 0 Å². The summed E-state index contributed by atoms with van der Waals surface area (Å²) in [6.07, 6.45) is 6.64. The van der Waals surface area contributed by atoms with E-state index < -0.39 is 0 Å². The van der Waals surface area contributed by atoms with Gasteiger partial charge in [-0.25, -0.2) is 0 Å². The second kappa shape index (κ2) is 8.11. The normalized spacial score (nSPS) is 25.5. The van der Waals surface area contributed by atoms with Crippen LogP contribution in [0.3, 0.4) is 0 Å². The van der Waals surface area contributed by atoms with E-state index in [1.807, 2.05) is 4.90 Å². The molecule has 2 fully saturated rings. The summed E-state index contributed by atoms with van der Waals surface area (Å²) in [5.74, 6) is 0.306. The topological polar surface area (TPSA) is 52.8 Å². The Bertz CT molecular complexity index is 328. The van der Waals surface area contributed by atoms with Gasteiger partial charge < -0.3 is 15.5 Å². The van der Waals surface area contributed by atoms with Crippen LogP contribution in [0.2, 0.25) is 0 Å². The molecule has 0 aromatic heterocycles. The number of rotatable bonds is 6. The molecule has 0 aromatic carbocycles. The van der Waals surface area contributed by atoms with Crippen LogP contribution in [0.4, 0.5) is 0 Å². The number of likely N-dealkylation sites (N-methyl/N-ethyl adjacent to an activating group) is 1. The number of piperidine rings is 1. The van der Waals surface area contributed by atoms with Crippen molar-refractivity contribution in [3.63, 3.8) is 0 Å². The third-order valence-electron chi connectivity index (χ3n) is 4.86. The summed E-state index contributed by atoms with van der Waals surface area (Å²) in [5, 5.41) is 0. The summed E-state index contributed by atoms with van der Waals surface area (Å²) in [7, 11) is 4.24. The van der Waals surface area contributed by atoms with E-state index in [9.17, 15) is 4.79 Å². The lowest BCUT2D eigenvalue weighted by Gasteiger charge is -2.35. The molecule has 21 heavy (non-hydrogen) atoms. The van der Waals surface area contributed by atoms with E-state index in [2.05, 4.69) is 23.9 Å². The van der Waals surface area contributed by atoms with Gasteiger partial charge in [0.15, 0.2) is 0 Å². The van der Waals surface area contributed by atoms with Crippen molar-refractivity contribution >= 4 is 5.91 Å². The van der Waals surface area contributed by atoms with Crippen molar-refractivity contribution in [3.8, 4) is 0 Å². The van der Waals surface area contributed by atoms with Crippen molar-refractivity contribution < 1.29 is 4.79 Å². The highest BCUT2D eigenvalue weighted by atomic mass is 16.2. The van der Waals surface area contributed by atoms with Gasteiger partial charge in [0.2, 0.25) is 5.91 Å². The molecule has 2 N–H and O–H groups in total. The summed E-state index contributed by atoms with van der Waals surface area (Å²) in [4.78, 5) is 19.3. The minimum absolute atomic E-state index is 0.215. The fourth-order valence-corrected chi connectivity index (χ4v) is 3.77. The highest BCUT2D eigenvalue weighted by molar-refractivity contribution is 5.77. The first-order valence-electron chi connectivity index (χ1n) is 8.50. The first-order valence-corrected chi connectivity index (χ1v) is 8.50. The molecule has 0 saturated carbocycles. The average Bonchev–Trinajstić information content (AvgIpc) is 2.92. The SMILES string of the molecule is CN(C)CC1CCCN1C(CN)CC(=O)N1CCCCC1. The first kappa shape index (κ1) is 16.7. The van der Waals surface area contributed by atoms with E-state index in [0.717, 1.165) is 39.0 Å². The molecule has 0 spiro atoms. The standard InChI is InChI=1S/C16H32N4O/c1-18(2)13-14-7-6-10-20(14)15(12-17)11-16(21)19-8-4-3-5-9-19/h14-15H,3-13,17H2,1-2H3. The Morgan fingerprint density at radius 2 is 1.90 bits per heavy atom. The molecule has 2 aliphatic rings. The minimum atomic E-state index is 0.215. The van der Waals surface area contributed by atoms with Crippen LogP contribution in [0.15, 0.2) is 0 Å². The lowest BCUT2D eigenvalue weighted by Crippen LogP contribution is -2.49. The number of carbonyl (C=O) groups excluding carboxylic acids is 1. The molecule has 2 atom stereocenters. The van der Waals surface area contributed by atoms with Crippen molar-refractivity contribution in [3.05, 3.63) is 0 Å². The maximum Gasteiger partial charge on any atom is 0.224 e. The molecular formula is C16H32N4O. The van der Waals surface area contributed by atoms with Gasteiger partial charge in [-0.1, -0.05) is 0 Å². The average molecular weight is 296 g/mol. The Labute approximate surface area is 129 Å². The Kier molecular flexibility index (Phi) is 6.45. The third-order valence-corrected chi connectivity index (χ3v) is 4.86. The van der Waals surface area contributed by atoms with Crippen LogP contribution < -0.4 is 5.73 Å². The van der Waals surface area contributed by atoms with Gasteiger partial charge in [0, 0.05) is 44.7 Å². The number of likely N-dealkylation sites (tertiary alicyclic amines) is 2. The highest BCUT2D eigenvalue weighted by Gasteiger charge is 2.32. The van der Waals surface area contributed by atoms with E-state index in [-0.39, 0.29) is 6.04 Å². The molecule has 2 unspecified atom stereocenters. The fourth-order valence-electron chi connectivity index (χ4n) is 3.77. The number of hydrogen-bond acceptors (Lipinski definition) is 4. The number of amides is 1. The van der Waals surface area contributed by atoms with E-state index in [0.29, 0.717) is 24.9 Å². The van der Waals surface area contributed by atoms with Crippen LogP contribution in [-0.4, -0.2) is 79.5 Å². The lowest BCUT2D eigenvalue weighted by atomic mass is 10.1. The second-order valence-electron chi connectivity index (χ2n) is 6.83. The van der Waals surface area contributed by atoms with Crippen molar-refractivity contribution in [1.82, 2.24) is 14.7 Å². The smallest absolute Gasteiger partial charge is 0.224 e. The summed E-state index contributed by atoms with van der Waals surface area (Å²) in [5.41, 5.74) is 6.00. The zero-order chi connectivity index (χ0) is 15.2. The number of nitrogens with zero attached hydrogens (tertiary/aromatic N) is 3. The zero-order valence-electron chi connectivity index (χ0n) is 13.8. The molecule has 2 saturated heterocycles. The Morgan fingerprint density at radius 1 is 1.19 bits per heavy atom. The Balaban J connectivity index is 1.90. The molecular weight excluding hydrogens is 264 g/mol. The van der Waals surface area contributed by atoms with Crippen molar-refractivity contribution in [2.45, 2.75) is 50.6 Å². The second-order valence-corrected chi connectivity index (χ2v) is 6.83. The largest absolute Gasteiger partial charge is 0.343 e. The summed E-state index contributed by atoms with van der Waals surface area (Å²) in [6.45, 7) is 4.63. The van der Waals surface area contributed by atoms with Gasteiger partial charge in [0.25, 0.3) is 0 Å². The van der Waals surface area contributed by atoms with Gasteiger partial charge in [-0.05, 0) is 52.7 Å². The fraction of sp³-hybridized carbons (Fsp3) is 0.938. The summed E-state index contributed by atoms with van der Waals surface area (Å²) < 4.78 is 0. The maximum atomic E-state index is 12.5. The Hall–Kier alpha value is -0.650. The van der Waals surface area contributed by atoms with Crippen LogP contribution in [-0.2, 0) is 4.79 Å². The van der Waals surface area contributed by atoms with Crippen molar-refractivity contribution in [2.24, 2.45) is 5.73 Å². The molecule has 2 rings (SSSR count). The molecule has 2 heterocycles. The lowest BCUT2D eigenvalue weighted by molar-refractivity contribution is -0.133. The van der Waals surface area contributed by atoms with Gasteiger partial charge in [0.1, 0.15) is 0 Å². The summed E-state index contributed by atoms with van der Waals surface area (Å²) in [6, 6.07) is 0.773. The highest BCUT2D eigenvalue weighted by Crippen LogP contribution is 2.22. The molecule has 5 heteroatoms. The monoisotopic (exact) mass is 296 g/mol. The van der Waals surface area contributed by atoms with Gasteiger partial charge >= 0.3 is 0 Å². The summed E-state index contributed by atoms with van der Waals surface area (Å²) >= 11 is 0. The predicted molar refractivity (Wildman–Crippen MR) is 86.2 cm³/mol. The number of nitrogens with two attached hydrogens (primary N) is 1. The van der Waals surface area contributed by atoms with Crippen molar-refractivity contribution in [1.29, 1.82) is 0 Å². The number of carbonyl (C=O) groups is 1. The third kappa shape index (κ3) is 4.66. The van der Waals surface area contributed by atoms with Gasteiger partial charge in [-0.15, -0.1) is 0 Å². The molecule has 5 nitrogen and oxygen atoms in total. The van der Waals surface area contributed by atoms with Crippen LogP contribution >= 0.6 is 0 Å². The molecule has 0 radical (unpaired) electrons. The molecule has 122 valence electrons. The molecule has 0 aromatic rings. The van der Waals surface area contributed by atoms with Crippen LogP contribution in [0.1, 0.15) is 38.5 Å². The van der Waals surface area contributed by atoms with E-state index in [1.54, 1.807) is 0 Å². The van der Waals surface area contributed by atoms with Crippen molar-refractivity contribution in [2.75, 3.05) is 46.8 Å². The first-order chi connectivity index (χ1) is 10.1. The van der Waals surface area contributed by atoms with E-state index in [4.69, 9.17) is 5.73 Å². The molecule has 1 amide bonds. The van der Waals surface area contributed by atoms with Gasteiger partial charge in [-0.3, -0.25) is 9.69 Å². The van der Waals surface area contributed by atoms with E-state index >= 15 is 0 Å². The van der Waals surface area contributed by atoms with E-state index in [1.165, 1.54) is 19.3 Å². The van der Waals surface area contributed by atoms with Crippen LogP contribution in [0.25, 0.3) is 0 Å². The molecule has 0 bridgehead atoms. The van der Waals surface area contributed by atoms with Gasteiger partial charge in [0.05, 0.1) is 0 Å². The zero-order valence-corrected chi connectivity index (χ0v) is 13.8. The molecule has 2 aliphatic heterocycles. The van der Waals surface area contributed by atoms with Gasteiger partial charge in [-0.2, -0.15) is 0 Å². The molecule has 0 aliphatic carbocycles. The minimum Gasteiger partial charge on any atom is -0.343 e. The maximum absolute atomic E-state index is 12.5.